The van der Waals surface area contributed by atoms with Crippen molar-refractivity contribution < 1.29 is 13.9 Å². The molecule has 104 valence electrons. The van der Waals surface area contributed by atoms with E-state index in [0.29, 0.717) is 11.3 Å². The zero-order chi connectivity index (χ0) is 14.1. The zero-order valence-corrected chi connectivity index (χ0v) is 12.3. The second-order valence-corrected chi connectivity index (χ2v) is 5.82. The number of rotatable bonds is 3. The van der Waals surface area contributed by atoms with Crippen molar-refractivity contribution in [3.05, 3.63) is 39.7 Å². The van der Waals surface area contributed by atoms with E-state index >= 15 is 0 Å². The maximum absolute atomic E-state index is 12.0. The summed E-state index contributed by atoms with van der Waals surface area (Å²) in [6.45, 7) is 1.89. The molecule has 1 aliphatic carbocycles. The molecule has 0 bridgehead atoms. The van der Waals surface area contributed by atoms with Gasteiger partial charge in [-0.1, -0.05) is 0 Å². The highest BCUT2D eigenvalue weighted by molar-refractivity contribution is 7.16. The number of furan rings is 1. The van der Waals surface area contributed by atoms with Crippen molar-refractivity contribution in [3.63, 3.8) is 0 Å². The van der Waals surface area contributed by atoms with E-state index in [1.54, 1.807) is 17.6 Å². The van der Waals surface area contributed by atoms with Crippen molar-refractivity contribution in [2.45, 2.75) is 26.2 Å². The topological polar surface area (TPSA) is 51.8 Å². The molecule has 0 radical (unpaired) electrons. The van der Waals surface area contributed by atoms with Gasteiger partial charge in [-0.05, 0) is 43.9 Å². The quantitative estimate of drug-likeness (QED) is 0.640. The van der Waals surface area contributed by atoms with Gasteiger partial charge in [0.05, 0.1) is 18.9 Å². The van der Waals surface area contributed by atoms with E-state index < -0.39 is 0 Å². The Labute approximate surface area is 121 Å². The Morgan fingerprint density at radius 3 is 3.00 bits per heavy atom. The molecule has 5 heteroatoms. The number of nitrogens with zero attached hydrogens (tertiary/aromatic N) is 1. The zero-order valence-electron chi connectivity index (χ0n) is 11.4. The van der Waals surface area contributed by atoms with E-state index in [1.807, 2.05) is 19.1 Å². The van der Waals surface area contributed by atoms with E-state index in [-0.39, 0.29) is 5.97 Å². The van der Waals surface area contributed by atoms with Crippen molar-refractivity contribution in [1.29, 1.82) is 0 Å². The summed E-state index contributed by atoms with van der Waals surface area (Å²) in [6.07, 6.45) is 4.72. The van der Waals surface area contributed by atoms with Crippen LogP contribution >= 0.6 is 11.3 Å². The van der Waals surface area contributed by atoms with Gasteiger partial charge in [-0.25, -0.2) is 9.79 Å². The molecular formula is C15H15NO3S. The highest BCUT2D eigenvalue weighted by Gasteiger charge is 2.26. The van der Waals surface area contributed by atoms with Gasteiger partial charge in [0.1, 0.15) is 16.5 Å². The minimum absolute atomic E-state index is 0.299. The minimum atomic E-state index is -0.299. The minimum Gasteiger partial charge on any atom is -0.465 e. The molecule has 0 aliphatic heterocycles. The molecule has 0 atom stereocenters. The van der Waals surface area contributed by atoms with Gasteiger partial charge in [0.15, 0.2) is 0 Å². The third kappa shape index (κ3) is 2.29. The van der Waals surface area contributed by atoms with Crippen molar-refractivity contribution in [3.8, 4) is 0 Å². The molecule has 2 aromatic heterocycles. The van der Waals surface area contributed by atoms with Gasteiger partial charge in [0, 0.05) is 4.88 Å². The van der Waals surface area contributed by atoms with Gasteiger partial charge < -0.3 is 9.15 Å². The number of methoxy groups -OCH3 is 1. The Morgan fingerprint density at radius 1 is 1.45 bits per heavy atom. The summed E-state index contributed by atoms with van der Waals surface area (Å²) in [7, 11) is 1.41. The van der Waals surface area contributed by atoms with Crippen LogP contribution in [0.1, 0.15) is 38.7 Å². The third-order valence-electron chi connectivity index (χ3n) is 3.36. The Bertz CT molecular complexity index is 681. The number of esters is 1. The number of carbonyl (C=O) groups excluding carboxylic acids is 1. The van der Waals surface area contributed by atoms with E-state index in [4.69, 9.17) is 9.15 Å². The van der Waals surface area contributed by atoms with Crippen LogP contribution in [0.2, 0.25) is 0 Å². The molecule has 20 heavy (non-hydrogen) atoms. The summed E-state index contributed by atoms with van der Waals surface area (Å²) in [5, 5.41) is 0.718. The number of ether oxygens (including phenoxy) is 1. The second-order valence-electron chi connectivity index (χ2n) is 4.74. The second kappa shape index (κ2) is 5.25. The molecule has 2 heterocycles. The van der Waals surface area contributed by atoms with Gasteiger partial charge in [-0.3, -0.25) is 0 Å². The molecule has 0 fully saturated rings. The number of fused-ring (bicyclic) bond motifs is 1. The summed E-state index contributed by atoms with van der Waals surface area (Å²) in [5.41, 5.74) is 1.74. The SMILES string of the molecule is COC(=O)c1c(N=Cc2ccc(C)o2)sc2c1CCC2. The molecule has 0 N–H and O–H groups in total. The molecular weight excluding hydrogens is 274 g/mol. The molecule has 0 aromatic carbocycles. The number of aryl methyl sites for hydroxylation is 2. The van der Waals surface area contributed by atoms with Crippen LogP contribution in [0.25, 0.3) is 0 Å². The van der Waals surface area contributed by atoms with Gasteiger partial charge in [-0.2, -0.15) is 0 Å². The third-order valence-corrected chi connectivity index (χ3v) is 4.56. The molecule has 3 rings (SSSR count). The standard InChI is InChI=1S/C15H15NO3S/c1-9-6-7-10(19-9)8-16-14-13(15(17)18-2)11-4-3-5-12(11)20-14/h6-8H,3-5H2,1-2H3. The number of carbonyl (C=O) groups is 1. The fraction of sp³-hybridized carbons (Fsp3) is 0.333. The van der Waals surface area contributed by atoms with E-state index in [0.717, 1.165) is 35.6 Å². The number of thiophene rings is 1. The summed E-state index contributed by atoms with van der Waals surface area (Å²) in [5.74, 6) is 1.23. The van der Waals surface area contributed by atoms with Crippen LogP contribution in [0.3, 0.4) is 0 Å². The lowest BCUT2D eigenvalue weighted by Gasteiger charge is -2.00. The summed E-state index contributed by atoms with van der Waals surface area (Å²) in [4.78, 5) is 17.6. The first-order valence-corrected chi connectivity index (χ1v) is 7.34. The molecule has 4 nitrogen and oxygen atoms in total. The average molecular weight is 289 g/mol. The monoisotopic (exact) mass is 289 g/mol. The van der Waals surface area contributed by atoms with Gasteiger partial charge in [-0.15, -0.1) is 11.3 Å². The van der Waals surface area contributed by atoms with Crippen LogP contribution in [-0.4, -0.2) is 19.3 Å². The fourth-order valence-electron chi connectivity index (χ4n) is 2.44. The maximum Gasteiger partial charge on any atom is 0.341 e. The van der Waals surface area contributed by atoms with Crippen molar-refractivity contribution in [2.75, 3.05) is 7.11 Å². The number of aliphatic imine (C=N–C) groups is 1. The van der Waals surface area contributed by atoms with Crippen LogP contribution in [0, 0.1) is 6.92 Å². The van der Waals surface area contributed by atoms with E-state index in [1.165, 1.54) is 12.0 Å². The van der Waals surface area contributed by atoms with Crippen LogP contribution < -0.4 is 0 Å². The van der Waals surface area contributed by atoms with Crippen LogP contribution in [0.4, 0.5) is 5.00 Å². The average Bonchev–Trinajstić information content (AvgIpc) is 3.10. The number of hydrogen-bond acceptors (Lipinski definition) is 5. The lowest BCUT2D eigenvalue weighted by molar-refractivity contribution is 0.0601. The van der Waals surface area contributed by atoms with Crippen LogP contribution in [0.15, 0.2) is 21.5 Å². The van der Waals surface area contributed by atoms with Crippen molar-refractivity contribution >= 4 is 28.5 Å². The molecule has 2 aromatic rings. The molecule has 1 aliphatic rings. The van der Waals surface area contributed by atoms with Gasteiger partial charge >= 0.3 is 5.97 Å². The Morgan fingerprint density at radius 2 is 2.30 bits per heavy atom. The van der Waals surface area contributed by atoms with Crippen molar-refractivity contribution in [2.24, 2.45) is 4.99 Å². The normalized spacial score (nSPS) is 13.9. The fourth-order valence-corrected chi connectivity index (χ4v) is 3.66. The lowest BCUT2D eigenvalue weighted by Crippen LogP contribution is -2.02. The lowest BCUT2D eigenvalue weighted by atomic mass is 10.1. The first kappa shape index (κ1) is 13.1. The largest absolute Gasteiger partial charge is 0.465 e. The van der Waals surface area contributed by atoms with Crippen LogP contribution in [-0.2, 0) is 17.6 Å². The summed E-state index contributed by atoms with van der Waals surface area (Å²) < 4.78 is 10.3. The van der Waals surface area contributed by atoms with Crippen LogP contribution in [0.5, 0.6) is 0 Å². The summed E-state index contributed by atoms with van der Waals surface area (Å²) >= 11 is 1.58. The summed E-state index contributed by atoms with van der Waals surface area (Å²) in [6, 6.07) is 3.74. The highest BCUT2D eigenvalue weighted by Crippen LogP contribution is 2.41. The smallest absolute Gasteiger partial charge is 0.341 e. The first-order valence-electron chi connectivity index (χ1n) is 6.52. The molecule has 0 spiro atoms. The molecule has 0 unspecified atom stereocenters. The predicted octanol–water partition coefficient (Wildman–Crippen LogP) is 3.68. The molecule has 0 saturated carbocycles. The van der Waals surface area contributed by atoms with Gasteiger partial charge in [0.2, 0.25) is 0 Å². The Hall–Kier alpha value is -1.88. The number of hydrogen-bond donors (Lipinski definition) is 0. The molecule has 0 saturated heterocycles. The van der Waals surface area contributed by atoms with E-state index in [9.17, 15) is 4.79 Å². The Balaban J connectivity index is 1.97. The Kier molecular flexibility index (Phi) is 3.44. The van der Waals surface area contributed by atoms with Crippen molar-refractivity contribution in [1.82, 2.24) is 0 Å². The van der Waals surface area contributed by atoms with E-state index in [2.05, 4.69) is 4.99 Å². The highest BCUT2D eigenvalue weighted by atomic mass is 32.1. The maximum atomic E-state index is 12.0. The molecule has 0 amide bonds. The predicted molar refractivity (Wildman–Crippen MR) is 78.4 cm³/mol. The van der Waals surface area contributed by atoms with Gasteiger partial charge in [0.25, 0.3) is 0 Å². The first-order chi connectivity index (χ1) is 9.69.